The second kappa shape index (κ2) is 5.72. The van der Waals surface area contributed by atoms with Crippen LogP contribution < -0.4 is 0 Å². The summed E-state index contributed by atoms with van der Waals surface area (Å²) in [7, 11) is 0. The maximum atomic E-state index is 12.6. The van der Waals surface area contributed by atoms with Gasteiger partial charge in [0.1, 0.15) is 5.82 Å². The smallest absolute Gasteiger partial charge is 0.306 e. The fourth-order valence-corrected chi connectivity index (χ4v) is 1.27. The van der Waals surface area contributed by atoms with Crippen LogP contribution in [0.15, 0.2) is 29.4 Å². The normalized spacial score (nSPS) is 11.6. The SMILES string of the molecule is [N-]=[N+]=NC[C@@H](Cc1ccc(F)cc1)C(=O)O. The lowest BCUT2D eigenvalue weighted by atomic mass is 10.00. The Hall–Kier alpha value is -2.07. The van der Waals surface area contributed by atoms with Crippen molar-refractivity contribution in [2.75, 3.05) is 6.54 Å². The highest BCUT2D eigenvalue weighted by Crippen LogP contribution is 2.11. The first-order valence-corrected chi connectivity index (χ1v) is 4.61. The van der Waals surface area contributed by atoms with Crippen molar-refractivity contribution in [1.29, 1.82) is 0 Å². The Kier molecular flexibility index (Phi) is 4.29. The van der Waals surface area contributed by atoms with Crippen LogP contribution in [0.1, 0.15) is 5.56 Å². The Morgan fingerprint density at radius 3 is 2.62 bits per heavy atom. The van der Waals surface area contributed by atoms with E-state index in [9.17, 15) is 9.18 Å². The lowest BCUT2D eigenvalue weighted by Gasteiger charge is -2.08. The molecule has 1 aromatic rings. The van der Waals surface area contributed by atoms with Crippen LogP contribution in [0.25, 0.3) is 10.4 Å². The molecule has 0 saturated heterocycles. The van der Waals surface area contributed by atoms with Gasteiger partial charge in [-0.2, -0.15) is 0 Å². The minimum atomic E-state index is -1.03. The summed E-state index contributed by atoms with van der Waals surface area (Å²) in [6.45, 7) is -0.108. The van der Waals surface area contributed by atoms with Crippen LogP contribution in [0.4, 0.5) is 4.39 Å². The summed E-state index contributed by atoms with van der Waals surface area (Å²) in [6, 6.07) is 5.56. The molecule has 0 radical (unpaired) electrons. The first-order valence-electron chi connectivity index (χ1n) is 4.61. The van der Waals surface area contributed by atoms with Crippen LogP contribution in [0, 0.1) is 11.7 Å². The molecule has 1 N–H and O–H groups in total. The van der Waals surface area contributed by atoms with Gasteiger partial charge in [0.2, 0.25) is 0 Å². The molecule has 0 bridgehead atoms. The molecule has 6 heteroatoms. The van der Waals surface area contributed by atoms with Crippen LogP contribution in [0.5, 0.6) is 0 Å². The van der Waals surface area contributed by atoms with E-state index < -0.39 is 11.9 Å². The van der Waals surface area contributed by atoms with Crippen LogP contribution >= 0.6 is 0 Å². The Morgan fingerprint density at radius 1 is 1.50 bits per heavy atom. The summed E-state index contributed by atoms with van der Waals surface area (Å²) in [4.78, 5) is 13.3. The highest BCUT2D eigenvalue weighted by molar-refractivity contribution is 5.70. The van der Waals surface area contributed by atoms with Gasteiger partial charge < -0.3 is 5.11 Å². The Labute approximate surface area is 91.1 Å². The van der Waals surface area contributed by atoms with Crippen molar-refractivity contribution < 1.29 is 14.3 Å². The summed E-state index contributed by atoms with van der Waals surface area (Å²) in [5.74, 6) is -2.18. The van der Waals surface area contributed by atoms with Gasteiger partial charge in [-0.25, -0.2) is 4.39 Å². The van der Waals surface area contributed by atoms with Crippen molar-refractivity contribution in [3.63, 3.8) is 0 Å². The molecule has 0 aliphatic rings. The first kappa shape index (κ1) is 12.0. The molecule has 84 valence electrons. The van der Waals surface area contributed by atoms with Crippen molar-refractivity contribution in [2.24, 2.45) is 11.0 Å². The number of benzene rings is 1. The topological polar surface area (TPSA) is 86.1 Å². The van der Waals surface area contributed by atoms with Crippen LogP contribution in [-0.4, -0.2) is 17.6 Å². The number of halogens is 1. The van der Waals surface area contributed by atoms with Gasteiger partial charge in [0.15, 0.2) is 0 Å². The third kappa shape index (κ3) is 3.59. The minimum Gasteiger partial charge on any atom is -0.481 e. The van der Waals surface area contributed by atoms with Crippen molar-refractivity contribution in [2.45, 2.75) is 6.42 Å². The molecule has 5 nitrogen and oxygen atoms in total. The molecule has 0 amide bonds. The summed E-state index contributed by atoms with van der Waals surface area (Å²) >= 11 is 0. The molecule has 1 atom stereocenters. The van der Waals surface area contributed by atoms with E-state index in [4.69, 9.17) is 10.6 Å². The van der Waals surface area contributed by atoms with E-state index in [1.165, 1.54) is 24.3 Å². The van der Waals surface area contributed by atoms with Gasteiger partial charge in [-0.15, -0.1) is 0 Å². The molecule has 0 unspecified atom stereocenters. The Balaban J connectivity index is 2.71. The van der Waals surface area contributed by atoms with E-state index in [1.54, 1.807) is 0 Å². The summed E-state index contributed by atoms with van der Waals surface area (Å²) in [6.07, 6.45) is 0.217. The molecule has 1 rings (SSSR count). The van der Waals surface area contributed by atoms with Crippen LogP contribution in [0.3, 0.4) is 0 Å². The van der Waals surface area contributed by atoms with Gasteiger partial charge in [0.25, 0.3) is 0 Å². The molecule has 0 aliphatic carbocycles. The largest absolute Gasteiger partial charge is 0.481 e. The molecule has 0 spiro atoms. The monoisotopic (exact) mass is 223 g/mol. The molecular formula is C10H10FN3O2. The maximum Gasteiger partial charge on any atom is 0.306 e. The van der Waals surface area contributed by atoms with Crippen LogP contribution in [-0.2, 0) is 11.2 Å². The average Bonchev–Trinajstić information content (AvgIpc) is 2.26. The number of carbonyl (C=O) groups is 1. The number of aliphatic carboxylic acids is 1. The molecule has 0 fully saturated rings. The van der Waals surface area contributed by atoms with Gasteiger partial charge in [0, 0.05) is 11.5 Å². The third-order valence-corrected chi connectivity index (χ3v) is 2.11. The average molecular weight is 223 g/mol. The van der Waals surface area contributed by atoms with Gasteiger partial charge in [-0.1, -0.05) is 17.2 Å². The van der Waals surface area contributed by atoms with Crippen LogP contribution in [0.2, 0.25) is 0 Å². The molecule has 0 aromatic heterocycles. The zero-order chi connectivity index (χ0) is 12.0. The van der Waals surface area contributed by atoms with Gasteiger partial charge in [-0.05, 0) is 29.6 Å². The first-order chi connectivity index (χ1) is 7.63. The summed E-state index contributed by atoms with van der Waals surface area (Å²) in [5.41, 5.74) is 8.81. The third-order valence-electron chi connectivity index (χ3n) is 2.11. The molecule has 0 aliphatic heterocycles. The number of hydrogen-bond donors (Lipinski definition) is 1. The van der Waals surface area contributed by atoms with Gasteiger partial charge in [-0.3, -0.25) is 4.79 Å². The Bertz CT molecular complexity index is 413. The van der Waals surface area contributed by atoms with Crippen molar-refractivity contribution in [3.8, 4) is 0 Å². The minimum absolute atomic E-state index is 0.108. The van der Waals surface area contributed by atoms with Gasteiger partial charge >= 0.3 is 5.97 Å². The standard InChI is InChI=1S/C10H10FN3O2/c11-9-3-1-7(2-4-9)5-8(10(15)16)6-13-14-12/h1-4,8H,5-6H2,(H,15,16)/t8-/m1/s1. The lowest BCUT2D eigenvalue weighted by Crippen LogP contribution is -2.19. The number of rotatable bonds is 5. The molecule has 0 saturated carbocycles. The lowest BCUT2D eigenvalue weighted by molar-refractivity contribution is -0.141. The van der Waals surface area contributed by atoms with E-state index in [2.05, 4.69) is 10.0 Å². The predicted octanol–water partition coefficient (Wildman–Crippen LogP) is 2.38. The summed E-state index contributed by atoms with van der Waals surface area (Å²) in [5, 5.41) is 12.1. The van der Waals surface area contributed by atoms with Gasteiger partial charge in [0.05, 0.1) is 5.92 Å². The number of carboxylic acids is 1. The highest BCUT2D eigenvalue weighted by atomic mass is 19.1. The molecule has 1 aromatic carbocycles. The number of azide groups is 1. The fourth-order valence-electron chi connectivity index (χ4n) is 1.27. The number of nitrogens with zero attached hydrogens (tertiary/aromatic N) is 3. The van der Waals surface area contributed by atoms with Crippen molar-refractivity contribution in [1.82, 2.24) is 0 Å². The van der Waals surface area contributed by atoms with E-state index in [0.29, 0.717) is 5.56 Å². The molecule has 0 heterocycles. The number of carboxylic acid groups (broad SMARTS) is 1. The second-order valence-corrected chi connectivity index (χ2v) is 3.28. The maximum absolute atomic E-state index is 12.6. The number of hydrogen-bond acceptors (Lipinski definition) is 2. The zero-order valence-corrected chi connectivity index (χ0v) is 8.38. The van der Waals surface area contributed by atoms with Crippen molar-refractivity contribution in [3.05, 3.63) is 46.1 Å². The van der Waals surface area contributed by atoms with E-state index in [-0.39, 0.29) is 18.8 Å². The Morgan fingerprint density at radius 2 is 2.12 bits per heavy atom. The fraction of sp³-hybridized carbons (Fsp3) is 0.300. The van der Waals surface area contributed by atoms with Crippen molar-refractivity contribution >= 4 is 5.97 Å². The quantitative estimate of drug-likeness (QED) is 0.472. The van der Waals surface area contributed by atoms with E-state index in [1.807, 2.05) is 0 Å². The van der Waals surface area contributed by atoms with E-state index in [0.717, 1.165) is 0 Å². The summed E-state index contributed by atoms with van der Waals surface area (Å²) < 4.78 is 12.6. The molecular weight excluding hydrogens is 213 g/mol. The second-order valence-electron chi connectivity index (χ2n) is 3.28. The van der Waals surface area contributed by atoms with E-state index >= 15 is 0 Å². The zero-order valence-electron chi connectivity index (χ0n) is 8.38. The highest BCUT2D eigenvalue weighted by Gasteiger charge is 2.16. The molecule has 16 heavy (non-hydrogen) atoms. The predicted molar refractivity (Wildman–Crippen MR) is 55.2 cm³/mol.